The average Bonchev–Trinajstić information content (AvgIpc) is 2.89. The van der Waals surface area contributed by atoms with Gasteiger partial charge < -0.3 is 14.9 Å². The fourth-order valence-corrected chi connectivity index (χ4v) is 3.45. The van der Waals surface area contributed by atoms with Crippen molar-refractivity contribution in [2.75, 3.05) is 31.8 Å². The second-order valence-corrected chi connectivity index (χ2v) is 6.21. The van der Waals surface area contributed by atoms with Crippen LogP contribution in [0.25, 0.3) is 0 Å². The highest BCUT2D eigenvalue weighted by molar-refractivity contribution is 8.00. The largest absolute Gasteiger partial charge is 0.388 e. The van der Waals surface area contributed by atoms with Gasteiger partial charge in [-0.3, -0.25) is 9.59 Å². The zero-order valence-electron chi connectivity index (χ0n) is 10.7. The molecule has 0 bridgehead atoms. The molecule has 1 N–H and O–H groups in total. The molecule has 18 heavy (non-hydrogen) atoms. The van der Waals surface area contributed by atoms with Gasteiger partial charge in [-0.1, -0.05) is 12.8 Å². The third-order valence-electron chi connectivity index (χ3n) is 3.64. The zero-order valence-corrected chi connectivity index (χ0v) is 11.5. The SMILES string of the molecule is CN(CC1(O)CCCC1)C(=O)CN1CSCC1=O. The van der Waals surface area contributed by atoms with Crippen LogP contribution >= 0.6 is 11.8 Å². The van der Waals surface area contributed by atoms with Crippen LogP contribution < -0.4 is 0 Å². The number of likely N-dealkylation sites (N-methyl/N-ethyl adjacent to an activating group) is 1. The van der Waals surface area contributed by atoms with Crippen molar-refractivity contribution in [2.45, 2.75) is 31.3 Å². The van der Waals surface area contributed by atoms with Gasteiger partial charge in [0.1, 0.15) is 6.54 Å². The number of aliphatic hydroxyl groups is 1. The van der Waals surface area contributed by atoms with Gasteiger partial charge in [-0.15, -0.1) is 11.8 Å². The highest BCUT2D eigenvalue weighted by Gasteiger charge is 2.34. The molecule has 1 aliphatic carbocycles. The first-order valence-corrected chi connectivity index (χ1v) is 7.47. The van der Waals surface area contributed by atoms with Gasteiger partial charge in [0.2, 0.25) is 11.8 Å². The summed E-state index contributed by atoms with van der Waals surface area (Å²) in [5.41, 5.74) is -0.714. The van der Waals surface area contributed by atoms with E-state index in [-0.39, 0.29) is 18.4 Å². The van der Waals surface area contributed by atoms with E-state index in [1.54, 1.807) is 16.8 Å². The first-order valence-electron chi connectivity index (χ1n) is 6.32. The molecule has 0 spiro atoms. The number of carbonyl (C=O) groups excluding carboxylic acids is 2. The molecule has 102 valence electrons. The van der Waals surface area contributed by atoms with Crippen molar-refractivity contribution >= 4 is 23.6 Å². The first-order chi connectivity index (χ1) is 8.50. The van der Waals surface area contributed by atoms with Crippen LogP contribution in [0, 0.1) is 0 Å². The highest BCUT2D eigenvalue weighted by Crippen LogP contribution is 2.30. The van der Waals surface area contributed by atoms with Crippen molar-refractivity contribution < 1.29 is 14.7 Å². The van der Waals surface area contributed by atoms with E-state index in [1.807, 2.05) is 0 Å². The van der Waals surface area contributed by atoms with Crippen LogP contribution in [0.4, 0.5) is 0 Å². The lowest BCUT2D eigenvalue weighted by Gasteiger charge is -2.29. The molecular weight excluding hydrogens is 252 g/mol. The monoisotopic (exact) mass is 272 g/mol. The van der Waals surface area contributed by atoms with Crippen LogP contribution in [0.2, 0.25) is 0 Å². The molecular formula is C12H20N2O3S. The van der Waals surface area contributed by atoms with Gasteiger partial charge in [-0.05, 0) is 12.8 Å². The standard InChI is InChI=1S/C12H20N2O3S/c1-13(8-12(17)4-2-3-5-12)10(15)6-14-9-18-7-11(14)16/h17H,2-9H2,1H3. The number of hydrogen-bond donors (Lipinski definition) is 1. The van der Waals surface area contributed by atoms with Crippen molar-refractivity contribution in [3.63, 3.8) is 0 Å². The Morgan fingerprint density at radius 1 is 1.50 bits per heavy atom. The van der Waals surface area contributed by atoms with Gasteiger partial charge in [-0.25, -0.2) is 0 Å². The van der Waals surface area contributed by atoms with Crippen LogP contribution in [0.1, 0.15) is 25.7 Å². The third-order valence-corrected chi connectivity index (χ3v) is 4.59. The van der Waals surface area contributed by atoms with E-state index in [0.29, 0.717) is 18.2 Å². The van der Waals surface area contributed by atoms with E-state index >= 15 is 0 Å². The second-order valence-electron chi connectivity index (χ2n) is 5.25. The number of nitrogens with zero attached hydrogens (tertiary/aromatic N) is 2. The molecule has 1 aliphatic heterocycles. The predicted octanol–water partition coefficient (Wildman–Crippen LogP) is 0.283. The molecule has 2 amide bonds. The summed E-state index contributed by atoms with van der Waals surface area (Å²) in [5, 5.41) is 10.2. The van der Waals surface area contributed by atoms with Gasteiger partial charge in [0, 0.05) is 13.6 Å². The maximum atomic E-state index is 12.0. The van der Waals surface area contributed by atoms with E-state index < -0.39 is 5.60 Å². The van der Waals surface area contributed by atoms with Gasteiger partial charge in [0.25, 0.3) is 0 Å². The molecule has 0 aromatic heterocycles. The molecule has 1 heterocycles. The lowest BCUT2D eigenvalue weighted by Crippen LogP contribution is -2.46. The predicted molar refractivity (Wildman–Crippen MR) is 70.1 cm³/mol. The van der Waals surface area contributed by atoms with Gasteiger partial charge in [0.15, 0.2) is 0 Å². The van der Waals surface area contributed by atoms with Crippen molar-refractivity contribution in [1.29, 1.82) is 0 Å². The van der Waals surface area contributed by atoms with Crippen LogP contribution in [-0.4, -0.2) is 64.1 Å². The van der Waals surface area contributed by atoms with E-state index in [2.05, 4.69) is 0 Å². The summed E-state index contributed by atoms with van der Waals surface area (Å²) in [5.74, 6) is 1.01. The van der Waals surface area contributed by atoms with Crippen molar-refractivity contribution in [1.82, 2.24) is 9.80 Å². The summed E-state index contributed by atoms with van der Waals surface area (Å²) >= 11 is 1.53. The fraction of sp³-hybridized carbons (Fsp3) is 0.833. The third kappa shape index (κ3) is 3.17. The summed E-state index contributed by atoms with van der Waals surface area (Å²) < 4.78 is 0. The quantitative estimate of drug-likeness (QED) is 0.799. The number of thioether (sulfide) groups is 1. The zero-order chi connectivity index (χ0) is 13.2. The van der Waals surface area contributed by atoms with Crippen molar-refractivity contribution in [3.05, 3.63) is 0 Å². The van der Waals surface area contributed by atoms with E-state index in [9.17, 15) is 14.7 Å². The molecule has 2 rings (SSSR count). The average molecular weight is 272 g/mol. The number of hydrogen-bond acceptors (Lipinski definition) is 4. The lowest BCUT2D eigenvalue weighted by molar-refractivity contribution is -0.139. The Bertz CT molecular complexity index is 342. The maximum absolute atomic E-state index is 12.0. The first kappa shape index (κ1) is 13.7. The molecule has 1 saturated heterocycles. The Balaban J connectivity index is 1.83. The minimum absolute atomic E-state index is 0.0290. The number of carbonyl (C=O) groups is 2. The Kier molecular flexibility index (Phi) is 4.17. The number of amides is 2. The van der Waals surface area contributed by atoms with Gasteiger partial charge in [-0.2, -0.15) is 0 Å². The van der Waals surface area contributed by atoms with E-state index in [1.165, 1.54) is 11.8 Å². The molecule has 0 aromatic carbocycles. The summed E-state index contributed by atoms with van der Waals surface area (Å²) in [4.78, 5) is 26.5. The lowest BCUT2D eigenvalue weighted by atomic mass is 10.0. The highest BCUT2D eigenvalue weighted by atomic mass is 32.2. The summed E-state index contributed by atoms with van der Waals surface area (Å²) in [7, 11) is 1.70. The van der Waals surface area contributed by atoms with Crippen LogP contribution in [0.3, 0.4) is 0 Å². The second kappa shape index (κ2) is 5.48. The molecule has 5 nitrogen and oxygen atoms in total. The van der Waals surface area contributed by atoms with Crippen LogP contribution in [0.15, 0.2) is 0 Å². The van der Waals surface area contributed by atoms with E-state index in [0.717, 1.165) is 25.7 Å². The van der Waals surface area contributed by atoms with E-state index in [4.69, 9.17) is 0 Å². The van der Waals surface area contributed by atoms with Crippen LogP contribution in [0.5, 0.6) is 0 Å². The fourth-order valence-electron chi connectivity index (χ4n) is 2.55. The topological polar surface area (TPSA) is 60.9 Å². The maximum Gasteiger partial charge on any atom is 0.242 e. The molecule has 0 radical (unpaired) electrons. The minimum atomic E-state index is -0.714. The van der Waals surface area contributed by atoms with Gasteiger partial charge >= 0.3 is 0 Å². The Labute approximate surface area is 112 Å². The Hall–Kier alpha value is -0.750. The molecule has 6 heteroatoms. The summed E-state index contributed by atoms with van der Waals surface area (Å²) in [6.45, 7) is 0.513. The normalized spacial score (nSPS) is 22.6. The van der Waals surface area contributed by atoms with Crippen molar-refractivity contribution in [3.8, 4) is 0 Å². The van der Waals surface area contributed by atoms with Crippen LogP contribution in [-0.2, 0) is 9.59 Å². The van der Waals surface area contributed by atoms with Crippen molar-refractivity contribution in [2.24, 2.45) is 0 Å². The molecule has 2 aliphatic rings. The molecule has 2 fully saturated rings. The molecule has 1 saturated carbocycles. The number of rotatable bonds is 4. The minimum Gasteiger partial charge on any atom is -0.388 e. The van der Waals surface area contributed by atoms with Gasteiger partial charge in [0.05, 0.1) is 17.2 Å². The molecule has 0 atom stereocenters. The summed E-state index contributed by atoms with van der Waals surface area (Å²) in [6.07, 6.45) is 3.59. The Morgan fingerprint density at radius 2 is 2.17 bits per heavy atom. The smallest absolute Gasteiger partial charge is 0.242 e. The Morgan fingerprint density at radius 3 is 2.72 bits per heavy atom. The molecule has 0 aromatic rings. The summed E-state index contributed by atoms with van der Waals surface area (Å²) in [6, 6.07) is 0. The molecule has 0 unspecified atom stereocenters.